The first kappa shape index (κ1) is 10.0. The molecule has 10 heavy (non-hydrogen) atoms. The molecule has 0 rings (SSSR count). The van der Waals surface area contributed by atoms with Crippen molar-refractivity contribution in [1.29, 1.82) is 0 Å². The molecule has 0 aromatic rings. The fourth-order valence-corrected chi connectivity index (χ4v) is 2.15. The van der Waals surface area contributed by atoms with Crippen LogP contribution < -0.4 is 0 Å². The van der Waals surface area contributed by atoms with E-state index in [-0.39, 0.29) is 5.41 Å². The molecule has 0 aromatic carbocycles. The van der Waals surface area contributed by atoms with Gasteiger partial charge >= 0.3 is 74.2 Å². The van der Waals surface area contributed by atoms with Crippen molar-refractivity contribution in [2.45, 2.75) is 20.8 Å². The van der Waals surface area contributed by atoms with Crippen LogP contribution in [0.3, 0.4) is 0 Å². The minimum absolute atomic E-state index is 0.274. The Labute approximate surface area is 74.4 Å². The van der Waals surface area contributed by atoms with E-state index in [0.717, 1.165) is 0 Å². The SMILES string of the molecule is C=C/C=C(\[CH]=[W])C(C)(C)C. The second-order valence-corrected chi connectivity index (χ2v) is 4.07. The van der Waals surface area contributed by atoms with Crippen molar-refractivity contribution in [2.75, 3.05) is 0 Å². The summed E-state index contributed by atoms with van der Waals surface area (Å²) >= 11 is 1.50. The fourth-order valence-electron chi connectivity index (χ4n) is 0.593. The van der Waals surface area contributed by atoms with Crippen molar-refractivity contribution in [2.24, 2.45) is 5.41 Å². The Morgan fingerprint density at radius 1 is 1.40 bits per heavy atom. The third-order valence-electron chi connectivity index (χ3n) is 1.29. The van der Waals surface area contributed by atoms with Gasteiger partial charge in [0.15, 0.2) is 0 Å². The summed E-state index contributed by atoms with van der Waals surface area (Å²) < 4.78 is 2.21. The minimum atomic E-state index is 0.274. The van der Waals surface area contributed by atoms with Crippen LogP contribution in [0.15, 0.2) is 24.3 Å². The van der Waals surface area contributed by atoms with Crippen LogP contribution in [0.5, 0.6) is 0 Å². The molecule has 0 unspecified atom stereocenters. The van der Waals surface area contributed by atoms with Gasteiger partial charge in [-0.05, 0) is 0 Å². The number of hydrogen-bond acceptors (Lipinski definition) is 0. The van der Waals surface area contributed by atoms with Gasteiger partial charge in [-0.3, -0.25) is 0 Å². The maximum atomic E-state index is 3.67. The summed E-state index contributed by atoms with van der Waals surface area (Å²) in [5.41, 5.74) is 1.65. The molecule has 0 aliphatic heterocycles. The van der Waals surface area contributed by atoms with Gasteiger partial charge in [0.2, 0.25) is 0 Å². The Bertz CT molecular complexity index is 158. The fraction of sp³-hybridized carbons (Fsp3) is 0.444. The van der Waals surface area contributed by atoms with E-state index in [4.69, 9.17) is 0 Å². The van der Waals surface area contributed by atoms with E-state index in [1.807, 2.05) is 6.08 Å². The average molecular weight is 306 g/mol. The Balaban J connectivity index is 4.51. The van der Waals surface area contributed by atoms with E-state index in [9.17, 15) is 0 Å². The average Bonchev–Trinajstić information content (AvgIpc) is 1.80. The Hall–Kier alpha value is 0.0383. The molecule has 0 aromatic heterocycles. The summed E-state index contributed by atoms with van der Waals surface area (Å²) in [6, 6.07) is 0. The molecule has 56 valence electrons. The number of hydrogen-bond donors (Lipinski definition) is 0. The van der Waals surface area contributed by atoms with Crippen molar-refractivity contribution >= 4 is 4.40 Å². The zero-order valence-corrected chi connectivity index (χ0v) is 9.78. The van der Waals surface area contributed by atoms with Gasteiger partial charge in [-0.25, -0.2) is 0 Å². The summed E-state index contributed by atoms with van der Waals surface area (Å²) in [5, 5.41) is 0. The van der Waals surface area contributed by atoms with Crippen LogP contribution in [0.25, 0.3) is 0 Å². The molecule has 0 saturated carbocycles. The van der Waals surface area contributed by atoms with E-state index >= 15 is 0 Å². The second-order valence-electron chi connectivity index (χ2n) is 3.23. The predicted molar refractivity (Wildman–Crippen MR) is 43.8 cm³/mol. The molecular weight excluding hydrogens is 292 g/mol. The summed E-state index contributed by atoms with van der Waals surface area (Å²) in [6.07, 6.45) is 3.92. The Morgan fingerprint density at radius 3 is 2.00 bits per heavy atom. The molecule has 1 heteroatoms. The van der Waals surface area contributed by atoms with Gasteiger partial charge in [0, 0.05) is 0 Å². The molecular formula is C9H14W. The Morgan fingerprint density at radius 2 is 1.90 bits per heavy atom. The monoisotopic (exact) mass is 306 g/mol. The quantitative estimate of drug-likeness (QED) is 0.688. The summed E-state index contributed by atoms with van der Waals surface area (Å²) in [7, 11) is 0. The molecule has 0 radical (unpaired) electrons. The molecule has 0 heterocycles. The molecule has 0 spiro atoms. The van der Waals surface area contributed by atoms with Crippen LogP contribution in [-0.2, 0) is 19.4 Å². The third kappa shape index (κ3) is 3.27. The molecule has 0 atom stereocenters. The first-order valence-electron chi connectivity index (χ1n) is 3.30. The molecule has 0 nitrogen and oxygen atoms in total. The maximum absolute atomic E-state index is 3.67. The zero-order valence-electron chi connectivity index (χ0n) is 6.85. The first-order chi connectivity index (χ1) is 4.52. The van der Waals surface area contributed by atoms with E-state index in [1.54, 1.807) is 0 Å². The molecule has 0 amide bonds. The van der Waals surface area contributed by atoms with Crippen molar-refractivity contribution in [3.63, 3.8) is 0 Å². The first-order valence-corrected chi connectivity index (χ1v) is 5.00. The standard InChI is InChI=1S/C9H14.W/c1-6-7-8(2)9(3,4)5;/h2,6-7H,1H2,3-5H3;/b8-7+;. The Kier molecular flexibility index (Phi) is 4.05. The van der Waals surface area contributed by atoms with Gasteiger partial charge < -0.3 is 0 Å². The summed E-state index contributed by atoms with van der Waals surface area (Å²) in [6.45, 7) is 10.3. The van der Waals surface area contributed by atoms with Gasteiger partial charge in [-0.15, -0.1) is 0 Å². The van der Waals surface area contributed by atoms with Crippen molar-refractivity contribution < 1.29 is 19.4 Å². The van der Waals surface area contributed by atoms with E-state index in [0.29, 0.717) is 0 Å². The van der Waals surface area contributed by atoms with Gasteiger partial charge in [-0.1, -0.05) is 0 Å². The van der Waals surface area contributed by atoms with Crippen molar-refractivity contribution in [1.82, 2.24) is 0 Å². The van der Waals surface area contributed by atoms with Crippen LogP contribution in [0.2, 0.25) is 0 Å². The van der Waals surface area contributed by atoms with Gasteiger partial charge in [0.25, 0.3) is 0 Å². The summed E-state index contributed by atoms with van der Waals surface area (Å²) in [5.74, 6) is 0. The number of allylic oxidation sites excluding steroid dienone is 3. The molecule has 0 aliphatic carbocycles. The zero-order chi connectivity index (χ0) is 8.20. The van der Waals surface area contributed by atoms with Crippen LogP contribution in [0.1, 0.15) is 20.8 Å². The van der Waals surface area contributed by atoms with Crippen LogP contribution in [0.4, 0.5) is 0 Å². The normalized spacial score (nSPS) is 12.9. The van der Waals surface area contributed by atoms with Crippen LogP contribution >= 0.6 is 0 Å². The van der Waals surface area contributed by atoms with Crippen LogP contribution in [0, 0.1) is 5.41 Å². The van der Waals surface area contributed by atoms with E-state index in [2.05, 4.69) is 37.8 Å². The topological polar surface area (TPSA) is 0 Å². The second kappa shape index (κ2) is 4.03. The van der Waals surface area contributed by atoms with Gasteiger partial charge in [0.05, 0.1) is 0 Å². The van der Waals surface area contributed by atoms with Gasteiger partial charge in [0.1, 0.15) is 0 Å². The van der Waals surface area contributed by atoms with E-state index in [1.165, 1.54) is 24.9 Å². The molecule has 0 fully saturated rings. The number of rotatable bonds is 2. The molecule has 0 N–H and O–H groups in total. The van der Waals surface area contributed by atoms with E-state index < -0.39 is 0 Å². The molecule has 0 saturated heterocycles. The van der Waals surface area contributed by atoms with Crippen LogP contribution in [-0.4, -0.2) is 4.40 Å². The van der Waals surface area contributed by atoms with Crippen molar-refractivity contribution in [3.8, 4) is 0 Å². The van der Waals surface area contributed by atoms with Gasteiger partial charge in [-0.2, -0.15) is 0 Å². The molecule has 0 bridgehead atoms. The van der Waals surface area contributed by atoms with Crippen molar-refractivity contribution in [3.05, 3.63) is 24.3 Å². The molecule has 0 aliphatic rings. The third-order valence-corrected chi connectivity index (χ3v) is 2.20. The predicted octanol–water partition coefficient (Wildman–Crippen LogP) is 2.49. The summed E-state index contributed by atoms with van der Waals surface area (Å²) in [4.78, 5) is 0.